The second-order valence-electron chi connectivity index (χ2n) is 1.59. The van der Waals surface area contributed by atoms with Crippen molar-refractivity contribution in [3.8, 4) is 0 Å². The van der Waals surface area contributed by atoms with Crippen LogP contribution in [0, 0.1) is 0 Å². The number of halogens is 2. The van der Waals surface area contributed by atoms with Crippen LogP contribution in [0.5, 0.6) is 0 Å². The van der Waals surface area contributed by atoms with Crippen molar-refractivity contribution in [2.45, 2.75) is 0 Å². The van der Waals surface area contributed by atoms with Gasteiger partial charge in [0.1, 0.15) is 5.15 Å². The van der Waals surface area contributed by atoms with Gasteiger partial charge in [-0.25, -0.2) is 9.97 Å². The molecule has 0 fully saturated rings. The molecule has 11 heavy (non-hydrogen) atoms. The Balaban J connectivity index is 2.98. The van der Waals surface area contributed by atoms with Crippen LogP contribution in [0.15, 0.2) is 6.20 Å². The standard InChI is InChI=1S/C5H3Cl2N3O/c6-3-1-8-5(9-2-11)4(7)10-3/h1-2H,(H,8,9,11). The molecule has 0 unspecified atom stereocenters. The van der Waals surface area contributed by atoms with Crippen molar-refractivity contribution in [3.05, 3.63) is 16.5 Å². The number of rotatable bonds is 2. The normalized spacial score (nSPS) is 9.27. The zero-order valence-corrected chi connectivity index (χ0v) is 6.73. The number of anilines is 1. The fraction of sp³-hybridized carbons (Fsp3) is 0. The van der Waals surface area contributed by atoms with Gasteiger partial charge >= 0.3 is 0 Å². The van der Waals surface area contributed by atoms with Crippen LogP contribution in [0.4, 0.5) is 5.82 Å². The van der Waals surface area contributed by atoms with Gasteiger partial charge < -0.3 is 5.32 Å². The highest BCUT2D eigenvalue weighted by molar-refractivity contribution is 6.33. The molecule has 6 heteroatoms. The average Bonchev–Trinajstić information content (AvgIpc) is 1.95. The molecule has 1 heterocycles. The molecule has 1 rings (SSSR count). The SMILES string of the molecule is O=CNc1ncc(Cl)nc1Cl. The first kappa shape index (κ1) is 8.23. The molecule has 0 aromatic carbocycles. The van der Waals surface area contributed by atoms with E-state index in [0.717, 1.165) is 0 Å². The van der Waals surface area contributed by atoms with Crippen molar-refractivity contribution in [2.24, 2.45) is 0 Å². The Kier molecular flexibility index (Phi) is 2.62. The maximum absolute atomic E-state index is 9.94. The van der Waals surface area contributed by atoms with Crippen LogP contribution in [0.2, 0.25) is 10.3 Å². The Labute approximate surface area is 72.6 Å². The summed E-state index contributed by atoms with van der Waals surface area (Å²) in [5.74, 6) is 0.200. The quantitative estimate of drug-likeness (QED) is 0.719. The van der Waals surface area contributed by atoms with Gasteiger partial charge in [-0.1, -0.05) is 23.2 Å². The molecule has 0 aliphatic heterocycles. The predicted molar refractivity (Wildman–Crippen MR) is 41.7 cm³/mol. The number of nitrogens with zero attached hydrogens (tertiary/aromatic N) is 2. The lowest BCUT2D eigenvalue weighted by Crippen LogP contribution is -1.98. The minimum absolute atomic E-state index is 0.0737. The highest BCUT2D eigenvalue weighted by Gasteiger charge is 2.01. The van der Waals surface area contributed by atoms with Gasteiger partial charge in [-0.15, -0.1) is 0 Å². The highest BCUT2D eigenvalue weighted by Crippen LogP contribution is 2.16. The lowest BCUT2D eigenvalue weighted by atomic mass is 10.6. The van der Waals surface area contributed by atoms with Crippen molar-refractivity contribution in [1.82, 2.24) is 9.97 Å². The lowest BCUT2D eigenvalue weighted by Gasteiger charge is -1.98. The van der Waals surface area contributed by atoms with Crippen molar-refractivity contribution in [1.29, 1.82) is 0 Å². The van der Waals surface area contributed by atoms with Crippen LogP contribution >= 0.6 is 23.2 Å². The topological polar surface area (TPSA) is 54.9 Å². The molecular weight excluding hydrogens is 189 g/mol. The van der Waals surface area contributed by atoms with E-state index in [4.69, 9.17) is 23.2 Å². The van der Waals surface area contributed by atoms with E-state index < -0.39 is 0 Å². The van der Waals surface area contributed by atoms with Crippen LogP contribution in [0.3, 0.4) is 0 Å². The summed E-state index contributed by atoms with van der Waals surface area (Å²) in [7, 11) is 0. The van der Waals surface area contributed by atoms with E-state index in [1.54, 1.807) is 0 Å². The molecule has 0 saturated carbocycles. The Bertz CT molecular complexity index is 278. The summed E-state index contributed by atoms with van der Waals surface area (Å²) in [4.78, 5) is 17.3. The van der Waals surface area contributed by atoms with E-state index in [1.165, 1.54) is 6.20 Å². The maximum Gasteiger partial charge on any atom is 0.212 e. The molecule has 0 radical (unpaired) electrons. The number of hydrogen-bond donors (Lipinski definition) is 1. The van der Waals surface area contributed by atoms with Crippen LogP contribution in [-0.2, 0) is 4.79 Å². The van der Waals surface area contributed by atoms with Gasteiger partial charge in [-0.05, 0) is 0 Å². The molecule has 0 bridgehead atoms. The number of carbonyl (C=O) groups is 1. The van der Waals surface area contributed by atoms with E-state index in [2.05, 4.69) is 15.3 Å². The van der Waals surface area contributed by atoms with Gasteiger partial charge in [-0.2, -0.15) is 0 Å². The zero-order chi connectivity index (χ0) is 8.27. The van der Waals surface area contributed by atoms with Crippen LogP contribution < -0.4 is 5.32 Å². The van der Waals surface area contributed by atoms with Crippen molar-refractivity contribution >= 4 is 35.4 Å². The number of hydrogen-bond acceptors (Lipinski definition) is 3. The molecule has 0 saturated heterocycles. The van der Waals surface area contributed by atoms with Crippen molar-refractivity contribution < 1.29 is 4.79 Å². The maximum atomic E-state index is 9.94. The summed E-state index contributed by atoms with van der Waals surface area (Å²) in [6, 6.07) is 0. The molecule has 1 amide bonds. The minimum atomic E-state index is 0.0737. The van der Waals surface area contributed by atoms with Crippen molar-refractivity contribution in [2.75, 3.05) is 5.32 Å². The molecule has 1 aromatic rings. The molecule has 4 nitrogen and oxygen atoms in total. The van der Waals surface area contributed by atoms with E-state index in [1.807, 2.05) is 0 Å². The third kappa shape index (κ3) is 2.03. The second-order valence-corrected chi connectivity index (χ2v) is 2.34. The predicted octanol–water partition coefficient (Wildman–Crippen LogP) is 1.35. The lowest BCUT2D eigenvalue weighted by molar-refractivity contribution is -0.105. The Morgan fingerprint density at radius 2 is 2.27 bits per heavy atom. The van der Waals surface area contributed by atoms with Gasteiger partial charge in [-0.3, -0.25) is 4.79 Å². The monoisotopic (exact) mass is 191 g/mol. The first-order valence-corrected chi connectivity index (χ1v) is 3.38. The van der Waals surface area contributed by atoms with E-state index in [0.29, 0.717) is 6.41 Å². The van der Waals surface area contributed by atoms with Crippen LogP contribution in [0.1, 0.15) is 0 Å². The number of nitrogens with one attached hydrogen (secondary N) is 1. The molecule has 58 valence electrons. The first-order chi connectivity index (χ1) is 5.24. The summed E-state index contributed by atoms with van der Waals surface area (Å²) >= 11 is 11.0. The summed E-state index contributed by atoms with van der Waals surface area (Å²) in [5, 5.41) is 2.52. The summed E-state index contributed by atoms with van der Waals surface area (Å²) in [6.45, 7) is 0. The molecule has 0 aliphatic rings. The van der Waals surface area contributed by atoms with E-state index >= 15 is 0 Å². The van der Waals surface area contributed by atoms with Crippen molar-refractivity contribution in [3.63, 3.8) is 0 Å². The number of amides is 1. The van der Waals surface area contributed by atoms with Gasteiger partial charge in [0, 0.05) is 0 Å². The molecular formula is C5H3Cl2N3O. The van der Waals surface area contributed by atoms with Crippen LogP contribution in [-0.4, -0.2) is 16.4 Å². The van der Waals surface area contributed by atoms with Crippen LogP contribution in [0.25, 0.3) is 0 Å². The fourth-order valence-corrected chi connectivity index (χ4v) is 0.870. The van der Waals surface area contributed by atoms with Gasteiger partial charge in [0.15, 0.2) is 11.0 Å². The smallest absolute Gasteiger partial charge is 0.212 e. The Morgan fingerprint density at radius 1 is 1.55 bits per heavy atom. The van der Waals surface area contributed by atoms with Gasteiger partial charge in [0.2, 0.25) is 6.41 Å². The minimum Gasteiger partial charge on any atom is -0.311 e. The number of carbonyl (C=O) groups excluding carboxylic acids is 1. The second kappa shape index (κ2) is 3.50. The zero-order valence-electron chi connectivity index (χ0n) is 5.21. The molecule has 1 aromatic heterocycles. The molecule has 0 spiro atoms. The Morgan fingerprint density at radius 3 is 2.82 bits per heavy atom. The van der Waals surface area contributed by atoms with Gasteiger partial charge in [0.25, 0.3) is 0 Å². The summed E-state index contributed by atoms with van der Waals surface area (Å²) < 4.78 is 0. The van der Waals surface area contributed by atoms with E-state index in [9.17, 15) is 4.79 Å². The molecule has 1 N–H and O–H groups in total. The highest BCUT2D eigenvalue weighted by atomic mass is 35.5. The largest absolute Gasteiger partial charge is 0.311 e. The summed E-state index contributed by atoms with van der Waals surface area (Å²) in [6.07, 6.45) is 1.75. The fourth-order valence-electron chi connectivity index (χ4n) is 0.499. The van der Waals surface area contributed by atoms with Gasteiger partial charge in [0.05, 0.1) is 6.20 Å². The summed E-state index contributed by atoms with van der Waals surface area (Å²) in [5.41, 5.74) is 0. The first-order valence-electron chi connectivity index (χ1n) is 2.62. The molecule has 0 atom stereocenters. The number of aromatic nitrogens is 2. The third-order valence-corrected chi connectivity index (χ3v) is 1.34. The average molecular weight is 192 g/mol. The third-order valence-electron chi connectivity index (χ3n) is 0.896. The Hall–Kier alpha value is -0.870. The molecule has 0 aliphatic carbocycles. The van der Waals surface area contributed by atoms with E-state index in [-0.39, 0.29) is 16.1 Å².